The van der Waals surface area contributed by atoms with Crippen LogP contribution in [-0.4, -0.2) is 58.8 Å². The first-order chi connectivity index (χ1) is 20.3. The van der Waals surface area contributed by atoms with E-state index in [1.807, 2.05) is 0 Å². The SMILES string of the molecule is CCCCCCCCCCCCC/C=C/CCCCCCCC[N+](CCCC(=O)[O-])(CCCC(=O)O)CCCC(=O)O. The average molecular weight is 596 g/mol. The van der Waals surface area contributed by atoms with Crippen molar-refractivity contribution < 1.29 is 34.2 Å². The van der Waals surface area contributed by atoms with Crippen molar-refractivity contribution in [2.24, 2.45) is 0 Å². The molecule has 0 saturated heterocycles. The van der Waals surface area contributed by atoms with Crippen LogP contribution in [0.3, 0.4) is 0 Å². The second-order valence-corrected chi connectivity index (χ2v) is 12.4. The van der Waals surface area contributed by atoms with Crippen LogP contribution in [0.15, 0.2) is 12.2 Å². The van der Waals surface area contributed by atoms with E-state index in [4.69, 9.17) is 10.2 Å². The Hall–Kier alpha value is -1.89. The Morgan fingerprint density at radius 2 is 0.833 bits per heavy atom. The molecule has 0 fully saturated rings. The molecule has 7 nitrogen and oxygen atoms in total. The van der Waals surface area contributed by atoms with Gasteiger partial charge in [0.2, 0.25) is 0 Å². The summed E-state index contributed by atoms with van der Waals surface area (Å²) in [5, 5.41) is 29.1. The zero-order valence-electron chi connectivity index (χ0n) is 27.1. The van der Waals surface area contributed by atoms with Gasteiger partial charge < -0.3 is 24.6 Å². The number of quaternary nitrogens is 1. The number of rotatable bonds is 33. The minimum atomic E-state index is -1.08. The first-order valence-corrected chi connectivity index (χ1v) is 17.4. The van der Waals surface area contributed by atoms with Gasteiger partial charge in [0, 0.05) is 25.2 Å². The Morgan fingerprint density at radius 3 is 1.21 bits per heavy atom. The Labute approximate surface area is 257 Å². The summed E-state index contributed by atoms with van der Waals surface area (Å²) in [4.78, 5) is 33.1. The number of carbonyl (C=O) groups excluding carboxylic acids is 1. The predicted octanol–water partition coefficient (Wildman–Crippen LogP) is 8.05. The van der Waals surface area contributed by atoms with Gasteiger partial charge in [-0.15, -0.1) is 0 Å². The first-order valence-electron chi connectivity index (χ1n) is 17.4. The summed E-state index contributed by atoms with van der Waals surface area (Å²) in [5.74, 6) is -2.75. The molecular weight excluding hydrogens is 530 g/mol. The maximum absolute atomic E-state index is 11.1. The zero-order valence-corrected chi connectivity index (χ0v) is 27.1. The third-order valence-corrected chi connectivity index (χ3v) is 8.45. The van der Waals surface area contributed by atoms with E-state index in [1.165, 1.54) is 96.3 Å². The fourth-order valence-electron chi connectivity index (χ4n) is 5.94. The van der Waals surface area contributed by atoms with Gasteiger partial charge >= 0.3 is 11.9 Å². The van der Waals surface area contributed by atoms with E-state index in [9.17, 15) is 19.5 Å². The molecule has 2 N–H and O–H groups in total. The maximum Gasteiger partial charge on any atom is 0.303 e. The molecule has 0 amide bonds. The molecule has 0 bridgehead atoms. The molecule has 42 heavy (non-hydrogen) atoms. The lowest BCUT2D eigenvalue weighted by Crippen LogP contribution is -2.51. The van der Waals surface area contributed by atoms with Crippen molar-refractivity contribution in [3.8, 4) is 0 Å². The Bertz CT molecular complexity index is 643. The van der Waals surface area contributed by atoms with Crippen LogP contribution in [0.2, 0.25) is 0 Å². The number of carbonyl (C=O) groups is 3. The molecule has 0 saturated carbocycles. The van der Waals surface area contributed by atoms with Crippen LogP contribution in [0.25, 0.3) is 0 Å². The van der Waals surface area contributed by atoms with Gasteiger partial charge in [-0.1, -0.05) is 103 Å². The molecule has 0 rings (SSSR count). The highest BCUT2D eigenvalue weighted by molar-refractivity contribution is 5.66. The quantitative estimate of drug-likeness (QED) is 0.0451. The second-order valence-electron chi connectivity index (χ2n) is 12.4. The number of hydrogen-bond donors (Lipinski definition) is 2. The summed E-state index contributed by atoms with van der Waals surface area (Å²) in [5.41, 5.74) is 0. The fourth-order valence-corrected chi connectivity index (χ4v) is 5.94. The molecule has 0 unspecified atom stereocenters. The van der Waals surface area contributed by atoms with Gasteiger partial charge in [0.1, 0.15) is 0 Å². The van der Waals surface area contributed by atoms with Crippen molar-refractivity contribution in [2.45, 2.75) is 167 Å². The van der Waals surface area contributed by atoms with Crippen molar-refractivity contribution in [1.82, 2.24) is 0 Å². The second kappa shape index (κ2) is 29.2. The lowest BCUT2D eigenvalue weighted by Gasteiger charge is -2.39. The highest BCUT2D eigenvalue weighted by atomic mass is 16.4. The van der Waals surface area contributed by atoms with Crippen LogP contribution in [0.5, 0.6) is 0 Å². The van der Waals surface area contributed by atoms with Crippen molar-refractivity contribution in [1.29, 1.82) is 0 Å². The Balaban J connectivity index is 4.07. The lowest BCUT2D eigenvalue weighted by atomic mass is 10.0. The van der Waals surface area contributed by atoms with Crippen LogP contribution >= 0.6 is 0 Å². The molecule has 0 atom stereocenters. The minimum absolute atomic E-state index is 0.0222. The average Bonchev–Trinajstić information content (AvgIpc) is 2.93. The van der Waals surface area contributed by atoms with E-state index < -0.39 is 17.9 Å². The number of carboxylic acid groups (broad SMARTS) is 3. The lowest BCUT2D eigenvalue weighted by molar-refractivity contribution is -0.929. The standard InChI is InChI=1S/C35H65NO6/c1-2-3-4-5-6-7-8-9-10-11-12-13-14-15-16-17-18-19-20-21-22-29-36(30-23-26-33(37)38,31-24-27-34(39)40)32-25-28-35(41)42/h14-15H,2-13,16-32H2,1H3,(H2-,37,38,39,40,41,42)/b15-14+. The maximum atomic E-state index is 11.1. The molecule has 0 aliphatic rings. The van der Waals surface area contributed by atoms with E-state index >= 15 is 0 Å². The molecule has 0 aromatic heterocycles. The number of aliphatic carboxylic acids is 3. The van der Waals surface area contributed by atoms with Gasteiger partial charge in [-0.2, -0.15) is 0 Å². The zero-order chi connectivity index (χ0) is 31.2. The minimum Gasteiger partial charge on any atom is -0.550 e. The van der Waals surface area contributed by atoms with Gasteiger partial charge in [-0.3, -0.25) is 9.59 Å². The van der Waals surface area contributed by atoms with Crippen molar-refractivity contribution in [3.05, 3.63) is 12.2 Å². The van der Waals surface area contributed by atoms with Crippen LogP contribution in [0.1, 0.15) is 167 Å². The molecule has 0 heterocycles. The summed E-state index contributed by atoms with van der Waals surface area (Å²) in [6, 6.07) is 0. The number of allylic oxidation sites excluding steroid dienone is 2. The van der Waals surface area contributed by atoms with Gasteiger partial charge in [0.15, 0.2) is 0 Å². The number of carboxylic acids is 3. The topological polar surface area (TPSA) is 115 Å². The third kappa shape index (κ3) is 28.2. The molecule has 0 aromatic carbocycles. The number of hydrogen-bond acceptors (Lipinski definition) is 4. The van der Waals surface area contributed by atoms with Crippen molar-refractivity contribution in [3.63, 3.8) is 0 Å². The largest absolute Gasteiger partial charge is 0.550 e. The van der Waals surface area contributed by atoms with Crippen LogP contribution in [0.4, 0.5) is 0 Å². The number of nitrogens with zero attached hydrogens (tertiary/aromatic N) is 1. The van der Waals surface area contributed by atoms with E-state index in [0.717, 1.165) is 32.2 Å². The van der Waals surface area contributed by atoms with E-state index in [0.29, 0.717) is 43.4 Å². The van der Waals surface area contributed by atoms with E-state index in [2.05, 4.69) is 19.1 Å². The van der Waals surface area contributed by atoms with Crippen molar-refractivity contribution in [2.75, 3.05) is 26.2 Å². The fraction of sp³-hybridized carbons (Fsp3) is 0.857. The third-order valence-electron chi connectivity index (χ3n) is 8.45. The van der Waals surface area contributed by atoms with Gasteiger partial charge in [-0.05, 0) is 44.9 Å². The van der Waals surface area contributed by atoms with E-state index in [1.54, 1.807) is 0 Å². The monoisotopic (exact) mass is 595 g/mol. The highest BCUT2D eigenvalue weighted by Crippen LogP contribution is 2.18. The summed E-state index contributed by atoms with van der Waals surface area (Å²) in [6.07, 6.45) is 30.9. The molecule has 0 aromatic rings. The van der Waals surface area contributed by atoms with Gasteiger partial charge in [0.05, 0.1) is 39.0 Å². The van der Waals surface area contributed by atoms with Crippen molar-refractivity contribution >= 4 is 17.9 Å². The molecule has 246 valence electrons. The number of unbranched alkanes of at least 4 members (excludes halogenated alkanes) is 17. The Kier molecular flexibility index (Phi) is 27.9. The Morgan fingerprint density at radius 1 is 0.500 bits per heavy atom. The van der Waals surface area contributed by atoms with Gasteiger partial charge in [-0.25, -0.2) is 0 Å². The van der Waals surface area contributed by atoms with Crippen LogP contribution in [-0.2, 0) is 14.4 Å². The summed E-state index contributed by atoms with van der Waals surface area (Å²) in [7, 11) is 0. The normalized spacial score (nSPS) is 11.8. The molecule has 0 aliphatic heterocycles. The molecule has 0 aliphatic carbocycles. The van der Waals surface area contributed by atoms with Crippen LogP contribution in [0, 0.1) is 0 Å². The predicted molar refractivity (Wildman–Crippen MR) is 170 cm³/mol. The summed E-state index contributed by atoms with van der Waals surface area (Å²) in [6.45, 7) is 5.02. The molecule has 7 heteroatoms. The molecule has 0 spiro atoms. The summed E-state index contributed by atoms with van der Waals surface area (Å²) < 4.78 is 0.609. The van der Waals surface area contributed by atoms with E-state index in [-0.39, 0.29) is 19.3 Å². The van der Waals surface area contributed by atoms with Gasteiger partial charge in [0.25, 0.3) is 0 Å². The molecular formula is C35H65NO6. The first kappa shape index (κ1) is 40.1. The smallest absolute Gasteiger partial charge is 0.303 e. The molecule has 0 radical (unpaired) electrons. The van der Waals surface area contributed by atoms with Crippen LogP contribution < -0.4 is 5.11 Å². The summed E-state index contributed by atoms with van der Waals surface area (Å²) >= 11 is 0. The highest BCUT2D eigenvalue weighted by Gasteiger charge is 2.26.